The van der Waals surface area contributed by atoms with Crippen molar-refractivity contribution in [2.24, 2.45) is 0 Å². The van der Waals surface area contributed by atoms with E-state index in [1.807, 2.05) is 48.5 Å². The second-order valence-corrected chi connectivity index (χ2v) is 18.9. The van der Waals surface area contributed by atoms with Gasteiger partial charge in [-0.3, -0.25) is 0 Å². The van der Waals surface area contributed by atoms with Crippen molar-refractivity contribution >= 4 is 21.5 Å². The number of hydrogen-bond donors (Lipinski definition) is 0. The number of ether oxygens (including phenoxy) is 4. The van der Waals surface area contributed by atoms with Gasteiger partial charge in [0, 0.05) is 23.3 Å². The number of nitrogens with zero attached hydrogens (tertiary/aromatic N) is 4. The van der Waals surface area contributed by atoms with Gasteiger partial charge in [-0.15, -0.1) is 0 Å². The monoisotopic (exact) mass is 943 g/mol. The van der Waals surface area contributed by atoms with E-state index in [1.165, 1.54) is 103 Å². The molecule has 0 bridgehead atoms. The molecule has 0 radical (unpaired) electrons. The number of unbranched alkanes of at least 4 members (excludes halogenated alkanes) is 20. The Morgan fingerprint density at radius 3 is 0.843 bits per heavy atom. The van der Waals surface area contributed by atoms with Crippen molar-refractivity contribution in [3.8, 4) is 69.5 Å². The molecular formula is C62H78N4O4. The van der Waals surface area contributed by atoms with Gasteiger partial charge < -0.3 is 18.9 Å². The van der Waals surface area contributed by atoms with Gasteiger partial charge in [-0.1, -0.05) is 156 Å². The molecule has 0 atom stereocenters. The highest BCUT2D eigenvalue weighted by Crippen LogP contribution is 2.44. The van der Waals surface area contributed by atoms with Crippen molar-refractivity contribution in [2.45, 2.75) is 182 Å². The van der Waals surface area contributed by atoms with Crippen LogP contribution in [0, 0.1) is 45.3 Å². The molecule has 0 aromatic heterocycles. The second kappa shape index (κ2) is 31.1. The minimum absolute atomic E-state index is 0.239. The van der Waals surface area contributed by atoms with Crippen LogP contribution in [0.5, 0.6) is 23.0 Å². The lowest BCUT2D eigenvalue weighted by Gasteiger charge is -2.18. The molecule has 0 aliphatic rings. The smallest absolute Gasteiger partial charge is 0.123 e. The molecule has 0 N–H and O–H groups in total. The summed E-state index contributed by atoms with van der Waals surface area (Å²) in [7, 11) is 0. The lowest BCUT2D eigenvalue weighted by Crippen LogP contribution is -2.02. The maximum absolute atomic E-state index is 10.8. The van der Waals surface area contributed by atoms with E-state index in [9.17, 15) is 21.0 Å². The Balaban J connectivity index is 1.63. The normalized spacial score (nSPS) is 11.0. The Hall–Kier alpha value is -6.22. The van der Waals surface area contributed by atoms with Gasteiger partial charge in [0.15, 0.2) is 0 Å². The molecule has 0 saturated carbocycles. The Morgan fingerprint density at radius 2 is 0.586 bits per heavy atom. The molecule has 5 rings (SSSR count). The van der Waals surface area contributed by atoms with Crippen LogP contribution in [-0.4, -0.2) is 26.4 Å². The summed E-state index contributed by atoms with van der Waals surface area (Å²) in [4.78, 5) is 0. The summed E-state index contributed by atoms with van der Waals surface area (Å²) >= 11 is 0. The maximum atomic E-state index is 10.8. The zero-order chi connectivity index (χ0) is 49.8. The minimum atomic E-state index is 0.239. The molecule has 0 aliphatic carbocycles. The molecule has 0 amide bonds. The highest BCUT2D eigenvalue weighted by atomic mass is 16.5. The highest BCUT2D eigenvalue weighted by Gasteiger charge is 2.22. The van der Waals surface area contributed by atoms with E-state index in [0.29, 0.717) is 71.7 Å². The van der Waals surface area contributed by atoms with Gasteiger partial charge in [0.1, 0.15) is 47.3 Å². The number of benzene rings is 5. The standard InChI is InChI=1S/C62H78N4O4/c1-5-9-13-17-21-25-29-67-53-35-49(36-54(41-53)68-30-26-22-18-14-10-6-2)61-57-39-48-34-52(44-64)60(46-66)62(58(48)40-47(57)33-51(43-63)59(61)45-65)50-37-55(69-31-27-23-19-15-11-7-3)42-56(38-50)70-32-28-24-20-16-12-8-4/h33-42H,5-32H2,1-4H3. The van der Waals surface area contributed by atoms with Crippen LogP contribution in [0.15, 0.2) is 60.7 Å². The molecule has 0 aliphatic heterocycles. The van der Waals surface area contributed by atoms with E-state index in [2.05, 4.69) is 52.0 Å². The van der Waals surface area contributed by atoms with Crippen LogP contribution in [0.1, 0.15) is 204 Å². The van der Waals surface area contributed by atoms with Crippen LogP contribution in [0.3, 0.4) is 0 Å². The molecule has 0 spiro atoms. The molecule has 8 nitrogen and oxygen atoms in total. The summed E-state index contributed by atoms with van der Waals surface area (Å²) in [5, 5.41) is 45.7. The minimum Gasteiger partial charge on any atom is -0.493 e. The molecule has 370 valence electrons. The van der Waals surface area contributed by atoms with E-state index < -0.39 is 0 Å². The van der Waals surface area contributed by atoms with E-state index >= 15 is 0 Å². The Bertz CT molecular complexity index is 2340. The fourth-order valence-electron chi connectivity index (χ4n) is 9.36. The molecule has 5 aromatic carbocycles. The van der Waals surface area contributed by atoms with E-state index in [4.69, 9.17) is 18.9 Å². The van der Waals surface area contributed by atoms with Crippen molar-refractivity contribution in [1.82, 2.24) is 0 Å². The SMILES string of the molecule is CCCCCCCCOc1cc(OCCCCCCCC)cc(-c2c(C#N)c(C#N)cc3cc4c(-c5cc(OCCCCCCCC)cc(OCCCCCCCC)c5)c(C#N)c(C#N)cc4cc23)c1. The summed E-state index contributed by atoms with van der Waals surface area (Å²) < 4.78 is 25.7. The lowest BCUT2D eigenvalue weighted by molar-refractivity contribution is 0.289. The average molecular weight is 943 g/mol. The Morgan fingerprint density at radius 1 is 0.314 bits per heavy atom. The first-order valence-corrected chi connectivity index (χ1v) is 27.0. The van der Waals surface area contributed by atoms with Crippen LogP contribution in [0.4, 0.5) is 0 Å². The second-order valence-electron chi connectivity index (χ2n) is 18.9. The summed E-state index contributed by atoms with van der Waals surface area (Å²) in [6.07, 6.45) is 27.4. The average Bonchev–Trinajstić information content (AvgIpc) is 3.37. The predicted molar refractivity (Wildman–Crippen MR) is 287 cm³/mol. The van der Waals surface area contributed by atoms with Crippen LogP contribution in [0.25, 0.3) is 43.8 Å². The zero-order valence-corrected chi connectivity index (χ0v) is 43.0. The first-order valence-electron chi connectivity index (χ1n) is 27.0. The predicted octanol–water partition coefficient (Wildman–Crippen LogP) is 17.8. The van der Waals surface area contributed by atoms with Crippen molar-refractivity contribution in [3.05, 3.63) is 82.9 Å². The third-order valence-corrected chi connectivity index (χ3v) is 13.3. The van der Waals surface area contributed by atoms with Crippen molar-refractivity contribution in [2.75, 3.05) is 26.4 Å². The van der Waals surface area contributed by atoms with E-state index in [-0.39, 0.29) is 22.3 Å². The van der Waals surface area contributed by atoms with E-state index in [0.717, 1.165) is 72.9 Å². The van der Waals surface area contributed by atoms with Gasteiger partial charge in [-0.25, -0.2) is 0 Å². The molecule has 0 fully saturated rings. The van der Waals surface area contributed by atoms with Crippen LogP contribution in [-0.2, 0) is 0 Å². The molecule has 70 heavy (non-hydrogen) atoms. The fraction of sp³-hybridized carbons (Fsp3) is 0.516. The zero-order valence-electron chi connectivity index (χ0n) is 43.0. The maximum Gasteiger partial charge on any atom is 0.123 e. The summed E-state index contributed by atoms with van der Waals surface area (Å²) in [5.74, 6) is 2.57. The van der Waals surface area contributed by atoms with Crippen LogP contribution < -0.4 is 18.9 Å². The number of hydrogen-bond acceptors (Lipinski definition) is 8. The third kappa shape index (κ3) is 16.5. The van der Waals surface area contributed by atoms with E-state index in [1.54, 1.807) is 12.1 Å². The van der Waals surface area contributed by atoms with Gasteiger partial charge >= 0.3 is 0 Å². The van der Waals surface area contributed by atoms with Crippen LogP contribution >= 0.6 is 0 Å². The molecule has 0 heterocycles. The van der Waals surface area contributed by atoms with Gasteiger partial charge in [0.25, 0.3) is 0 Å². The van der Waals surface area contributed by atoms with Crippen molar-refractivity contribution in [1.29, 1.82) is 21.0 Å². The topological polar surface area (TPSA) is 132 Å². The highest BCUT2D eigenvalue weighted by molar-refractivity contribution is 6.12. The number of nitriles is 4. The van der Waals surface area contributed by atoms with Gasteiger partial charge in [0.05, 0.1) is 48.7 Å². The molecule has 0 unspecified atom stereocenters. The van der Waals surface area contributed by atoms with Crippen molar-refractivity contribution < 1.29 is 18.9 Å². The van der Waals surface area contributed by atoms with Gasteiger partial charge in [-0.05, 0) is 107 Å². The third-order valence-electron chi connectivity index (χ3n) is 13.3. The van der Waals surface area contributed by atoms with Gasteiger partial charge in [0.2, 0.25) is 0 Å². The summed E-state index contributed by atoms with van der Waals surface area (Å²) in [6, 6.07) is 28.5. The Kier molecular flexibility index (Phi) is 24.3. The quantitative estimate of drug-likeness (QED) is 0.0294. The molecule has 0 saturated heterocycles. The number of rotatable bonds is 34. The molecule has 8 heteroatoms. The number of fused-ring (bicyclic) bond motifs is 2. The Labute approximate surface area is 420 Å². The lowest BCUT2D eigenvalue weighted by atomic mass is 9.85. The first-order chi connectivity index (χ1) is 34.4. The molecule has 5 aromatic rings. The van der Waals surface area contributed by atoms with Gasteiger partial charge in [-0.2, -0.15) is 21.0 Å². The van der Waals surface area contributed by atoms with Crippen LogP contribution in [0.2, 0.25) is 0 Å². The first kappa shape index (κ1) is 54.7. The largest absolute Gasteiger partial charge is 0.493 e. The fourth-order valence-corrected chi connectivity index (χ4v) is 9.36. The summed E-state index contributed by atoms with van der Waals surface area (Å²) in [5.41, 5.74) is 3.57. The molecular weight excluding hydrogens is 865 g/mol. The van der Waals surface area contributed by atoms with Crippen molar-refractivity contribution in [3.63, 3.8) is 0 Å². The summed E-state index contributed by atoms with van der Waals surface area (Å²) in [6.45, 7) is 11.1.